The maximum Gasteiger partial charge on any atom is 0.490 e. The number of hydrogen-bond donors (Lipinski definition) is 3. The van der Waals surface area contributed by atoms with Crippen LogP contribution in [0, 0.1) is 6.92 Å². The second-order valence-electron chi connectivity index (χ2n) is 7.55. The summed E-state index contributed by atoms with van der Waals surface area (Å²) in [7, 11) is 0. The molecule has 2 unspecified atom stereocenters. The maximum atomic E-state index is 15.3. The van der Waals surface area contributed by atoms with Crippen molar-refractivity contribution in [3.05, 3.63) is 53.1 Å². The van der Waals surface area contributed by atoms with Crippen molar-refractivity contribution in [3.8, 4) is 0 Å². The largest absolute Gasteiger partial charge is 0.490 e. The van der Waals surface area contributed by atoms with Gasteiger partial charge >= 0.3 is 18.3 Å². The highest BCUT2D eigenvalue weighted by Gasteiger charge is 2.44. The van der Waals surface area contributed by atoms with Gasteiger partial charge in [0.2, 0.25) is 0 Å². The zero-order valence-corrected chi connectivity index (χ0v) is 17.5. The van der Waals surface area contributed by atoms with Crippen molar-refractivity contribution in [2.24, 2.45) is 0 Å². The number of H-pyrrole nitrogens is 1. The molecule has 0 saturated carbocycles. The topological polar surface area (TPSA) is 107 Å². The molecule has 1 aromatic heterocycles. The minimum atomic E-state index is -5.08. The average Bonchev–Trinajstić information content (AvgIpc) is 3.33. The molecule has 2 aromatic rings. The smallest absolute Gasteiger partial charge is 0.475 e. The van der Waals surface area contributed by atoms with E-state index in [2.05, 4.69) is 9.97 Å². The third-order valence-electron chi connectivity index (χ3n) is 5.09. The first-order valence-electron chi connectivity index (χ1n) is 9.67. The molecule has 1 saturated heterocycles. The number of benzene rings is 1. The third kappa shape index (κ3) is 6.68. The van der Waals surface area contributed by atoms with E-state index in [0.29, 0.717) is 11.4 Å². The highest BCUT2D eigenvalue weighted by molar-refractivity contribution is 5.81. The molecule has 0 aliphatic carbocycles. The van der Waals surface area contributed by atoms with E-state index >= 15 is 4.39 Å². The molecule has 2 heterocycles. The predicted molar refractivity (Wildman–Crippen MR) is 102 cm³/mol. The SMILES string of the molecule is Cc1[nH]cnc1CC(O)C(=O)N1CCC(F)(c2cccc(C(F)(F)F)c2)C1.O=C(O)C(F)(F)F. The number of rotatable bonds is 4. The Labute approximate surface area is 188 Å². The minimum Gasteiger partial charge on any atom is -0.475 e. The fourth-order valence-electron chi connectivity index (χ4n) is 3.24. The Bertz CT molecular complexity index is 1020. The molecule has 0 bridgehead atoms. The number of aliphatic hydroxyl groups excluding tert-OH is 1. The number of aliphatic carboxylic acids is 1. The molecule has 3 rings (SSSR count). The number of hydrogen-bond acceptors (Lipinski definition) is 4. The minimum absolute atomic E-state index is 0.0161. The summed E-state index contributed by atoms with van der Waals surface area (Å²) in [6, 6.07) is 4.09. The summed E-state index contributed by atoms with van der Waals surface area (Å²) in [4.78, 5) is 29.3. The number of imidazole rings is 1. The van der Waals surface area contributed by atoms with Gasteiger partial charge in [-0.15, -0.1) is 0 Å². The first kappa shape index (κ1) is 27.1. The monoisotopic (exact) mass is 499 g/mol. The van der Waals surface area contributed by atoms with Gasteiger partial charge in [-0.25, -0.2) is 14.2 Å². The molecular weight excluding hydrogens is 479 g/mol. The standard InChI is InChI=1S/C18H19F4N3O2.C2HF3O2/c1-11-14(24-10-23-11)8-15(26)16(27)25-6-5-17(19,9-25)12-3-2-4-13(7-12)18(20,21)22;3-2(4,5)1(6)7/h2-4,7,10,15,26H,5-6,8-9H2,1H3,(H,23,24);(H,6,7). The molecule has 1 amide bonds. The number of aryl methyl sites for hydroxylation is 1. The fraction of sp³-hybridized carbons (Fsp3) is 0.450. The Balaban J connectivity index is 0.000000509. The Kier molecular flexibility index (Phi) is 7.96. The average molecular weight is 499 g/mol. The number of carboxylic acids is 1. The molecule has 14 heteroatoms. The number of aromatic amines is 1. The summed E-state index contributed by atoms with van der Waals surface area (Å²) in [5.41, 5.74) is -1.90. The number of alkyl halides is 7. The van der Waals surface area contributed by atoms with Crippen LogP contribution < -0.4 is 0 Å². The molecule has 188 valence electrons. The van der Waals surface area contributed by atoms with Gasteiger partial charge in [0, 0.05) is 25.1 Å². The summed E-state index contributed by atoms with van der Waals surface area (Å²) in [6.07, 6.45) is -9.76. The summed E-state index contributed by atoms with van der Waals surface area (Å²) < 4.78 is 85.6. The highest BCUT2D eigenvalue weighted by Crippen LogP contribution is 2.39. The lowest BCUT2D eigenvalue weighted by Crippen LogP contribution is -2.40. The Morgan fingerprint density at radius 2 is 1.85 bits per heavy atom. The maximum absolute atomic E-state index is 15.3. The van der Waals surface area contributed by atoms with Crippen LogP contribution in [0.1, 0.15) is 28.9 Å². The lowest BCUT2D eigenvalue weighted by atomic mass is 9.93. The van der Waals surface area contributed by atoms with E-state index in [0.717, 1.165) is 23.1 Å². The normalized spacial score (nSPS) is 19.4. The van der Waals surface area contributed by atoms with E-state index in [4.69, 9.17) is 9.90 Å². The zero-order valence-electron chi connectivity index (χ0n) is 17.5. The molecule has 0 radical (unpaired) electrons. The van der Waals surface area contributed by atoms with E-state index in [9.17, 15) is 36.2 Å². The van der Waals surface area contributed by atoms with Gasteiger partial charge in [0.15, 0.2) is 5.67 Å². The molecule has 1 aliphatic rings. The number of carbonyl (C=O) groups excluding carboxylic acids is 1. The van der Waals surface area contributed by atoms with Crippen LogP contribution in [0.2, 0.25) is 0 Å². The number of aliphatic hydroxyl groups is 1. The van der Waals surface area contributed by atoms with Crippen molar-refractivity contribution in [1.29, 1.82) is 0 Å². The van der Waals surface area contributed by atoms with Crippen LogP contribution in [-0.4, -0.2) is 62.3 Å². The molecule has 3 N–H and O–H groups in total. The van der Waals surface area contributed by atoms with Gasteiger partial charge < -0.3 is 20.1 Å². The second kappa shape index (κ2) is 9.99. The van der Waals surface area contributed by atoms with Crippen molar-refractivity contribution >= 4 is 11.9 Å². The Morgan fingerprint density at radius 1 is 1.24 bits per heavy atom. The molecule has 1 fully saturated rings. The van der Waals surface area contributed by atoms with Crippen LogP contribution in [0.25, 0.3) is 0 Å². The second-order valence-corrected chi connectivity index (χ2v) is 7.55. The number of carboxylic acid groups (broad SMARTS) is 1. The number of nitrogens with zero attached hydrogens (tertiary/aromatic N) is 2. The van der Waals surface area contributed by atoms with Gasteiger partial charge in [-0.3, -0.25) is 4.79 Å². The number of likely N-dealkylation sites (tertiary alicyclic amines) is 1. The van der Waals surface area contributed by atoms with Crippen molar-refractivity contribution in [2.45, 2.75) is 43.9 Å². The predicted octanol–water partition coefficient (Wildman–Crippen LogP) is 3.37. The summed E-state index contributed by atoms with van der Waals surface area (Å²) in [5.74, 6) is -3.42. The van der Waals surface area contributed by atoms with E-state index < -0.39 is 48.1 Å². The first-order valence-corrected chi connectivity index (χ1v) is 9.67. The molecule has 0 spiro atoms. The van der Waals surface area contributed by atoms with Crippen LogP contribution in [0.4, 0.5) is 30.7 Å². The Hall–Kier alpha value is -3.16. The molecule has 1 aliphatic heterocycles. The van der Waals surface area contributed by atoms with Crippen molar-refractivity contribution in [1.82, 2.24) is 14.9 Å². The molecule has 34 heavy (non-hydrogen) atoms. The number of aromatic nitrogens is 2. The third-order valence-corrected chi connectivity index (χ3v) is 5.09. The van der Waals surface area contributed by atoms with Gasteiger partial charge in [0.05, 0.1) is 24.1 Å². The Morgan fingerprint density at radius 3 is 2.35 bits per heavy atom. The molecular formula is C20H20F7N3O4. The van der Waals surface area contributed by atoms with E-state index in [-0.39, 0.29) is 24.9 Å². The van der Waals surface area contributed by atoms with Crippen molar-refractivity contribution in [3.63, 3.8) is 0 Å². The molecule has 7 nitrogen and oxygen atoms in total. The van der Waals surface area contributed by atoms with E-state index in [1.807, 2.05) is 0 Å². The lowest BCUT2D eigenvalue weighted by molar-refractivity contribution is -0.192. The molecule has 1 aromatic carbocycles. The summed E-state index contributed by atoms with van der Waals surface area (Å²) in [5, 5.41) is 17.3. The first-order chi connectivity index (χ1) is 15.5. The number of nitrogens with one attached hydrogen (secondary N) is 1. The highest BCUT2D eigenvalue weighted by atomic mass is 19.4. The van der Waals surface area contributed by atoms with Gasteiger partial charge in [-0.2, -0.15) is 26.3 Å². The quantitative estimate of drug-likeness (QED) is 0.560. The number of halogens is 7. The van der Waals surface area contributed by atoms with Gasteiger partial charge in [0.1, 0.15) is 6.10 Å². The van der Waals surface area contributed by atoms with Crippen LogP contribution in [0.5, 0.6) is 0 Å². The van der Waals surface area contributed by atoms with Crippen LogP contribution >= 0.6 is 0 Å². The van der Waals surface area contributed by atoms with Gasteiger partial charge in [0.25, 0.3) is 5.91 Å². The number of carbonyl (C=O) groups is 2. The van der Waals surface area contributed by atoms with Crippen molar-refractivity contribution < 1.29 is 50.5 Å². The van der Waals surface area contributed by atoms with Crippen LogP contribution in [0.15, 0.2) is 30.6 Å². The lowest BCUT2D eigenvalue weighted by Gasteiger charge is -2.23. The van der Waals surface area contributed by atoms with E-state index in [1.54, 1.807) is 6.92 Å². The van der Waals surface area contributed by atoms with E-state index in [1.165, 1.54) is 12.4 Å². The van der Waals surface area contributed by atoms with Crippen molar-refractivity contribution in [2.75, 3.05) is 13.1 Å². The van der Waals surface area contributed by atoms with Crippen LogP contribution in [-0.2, 0) is 27.9 Å². The molecule has 2 atom stereocenters. The van der Waals surface area contributed by atoms with Crippen LogP contribution in [0.3, 0.4) is 0 Å². The summed E-state index contributed by atoms with van der Waals surface area (Å²) in [6.45, 7) is 1.36. The summed E-state index contributed by atoms with van der Waals surface area (Å²) >= 11 is 0. The van der Waals surface area contributed by atoms with Gasteiger partial charge in [-0.1, -0.05) is 12.1 Å². The zero-order chi connectivity index (χ0) is 25.9. The fourth-order valence-corrected chi connectivity index (χ4v) is 3.24. The van der Waals surface area contributed by atoms with Gasteiger partial charge in [-0.05, 0) is 24.6 Å². The number of amides is 1.